The van der Waals surface area contributed by atoms with Gasteiger partial charge in [-0.15, -0.1) is 6.58 Å². The van der Waals surface area contributed by atoms with Crippen molar-refractivity contribution in [2.45, 2.75) is 52.0 Å². The molecule has 0 aliphatic carbocycles. The lowest BCUT2D eigenvalue weighted by molar-refractivity contribution is -0.138. The van der Waals surface area contributed by atoms with E-state index in [9.17, 15) is 22.8 Å². The summed E-state index contributed by atoms with van der Waals surface area (Å²) in [5.41, 5.74) is 1.75. The summed E-state index contributed by atoms with van der Waals surface area (Å²) in [6.45, 7) is 9.30. The molecular formula is C29H28BrF3N6O2. The van der Waals surface area contributed by atoms with Crippen molar-refractivity contribution >= 4 is 38.8 Å². The van der Waals surface area contributed by atoms with Gasteiger partial charge in [-0.3, -0.25) is 9.59 Å². The number of fused-ring (bicyclic) bond motifs is 2. The number of nitrogens with one attached hydrogen (secondary N) is 1. The average molecular weight is 629 g/mol. The van der Waals surface area contributed by atoms with Crippen LogP contribution >= 0.6 is 15.9 Å². The predicted molar refractivity (Wildman–Crippen MR) is 154 cm³/mol. The van der Waals surface area contributed by atoms with Crippen molar-refractivity contribution < 1.29 is 18.0 Å². The highest BCUT2D eigenvalue weighted by molar-refractivity contribution is 9.10. The number of anilines is 1. The summed E-state index contributed by atoms with van der Waals surface area (Å²) < 4.78 is 43.8. The van der Waals surface area contributed by atoms with E-state index in [4.69, 9.17) is 4.98 Å². The van der Waals surface area contributed by atoms with Gasteiger partial charge in [-0.05, 0) is 63.6 Å². The van der Waals surface area contributed by atoms with Gasteiger partial charge in [0.1, 0.15) is 5.82 Å². The van der Waals surface area contributed by atoms with Crippen LogP contribution in [0.4, 0.5) is 19.1 Å². The van der Waals surface area contributed by atoms with Crippen LogP contribution in [-0.4, -0.2) is 42.0 Å². The van der Waals surface area contributed by atoms with Gasteiger partial charge in [0.05, 0.1) is 34.5 Å². The molecule has 1 amide bonds. The number of nitrogens with zero attached hydrogens (tertiary/aromatic N) is 5. The molecule has 1 aliphatic rings. The minimum atomic E-state index is -4.62. The van der Waals surface area contributed by atoms with E-state index < -0.39 is 23.7 Å². The molecule has 0 bridgehead atoms. The first-order valence-electron chi connectivity index (χ1n) is 12.9. The second kappa shape index (κ2) is 10.5. The van der Waals surface area contributed by atoms with E-state index in [0.29, 0.717) is 16.9 Å². The fourth-order valence-corrected chi connectivity index (χ4v) is 5.49. The summed E-state index contributed by atoms with van der Waals surface area (Å²) in [4.78, 5) is 38.2. The van der Waals surface area contributed by atoms with Crippen LogP contribution in [0.25, 0.3) is 16.7 Å². The van der Waals surface area contributed by atoms with Crippen molar-refractivity contribution in [2.75, 3.05) is 5.32 Å². The smallest absolute Gasteiger partial charge is 0.349 e. The standard InChI is InChI=1S/C29H28BrF3N6O2/c1-6-15(2)34-28-36-24-14-38(26(40)18-7-9-22(30)21(12-18)29(31,32)33)16(3)11-20(24)27(41)39(28)19-8-10-25-23(13-19)35-17(4)37(25)5/h6-10,12-13,15-16H,1,11,14H2,2-5H3,(H,34,36)/t15-,16+/m0/s1. The third-order valence-corrected chi connectivity index (χ3v) is 8.14. The number of rotatable bonds is 5. The van der Waals surface area contributed by atoms with E-state index in [1.807, 2.05) is 43.7 Å². The van der Waals surface area contributed by atoms with E-state index in [0.717, 1.165) is 22.9 Å². The summed E-state index contributed by atoms with van der Waals surface area (Å²) in [5, 5.41) is 3.21. The highest BCUT2D eigenvalue weighted by atomic mass is 79.9. The molecule has 1 N–H and O–H groups in total. The van der Waals surface area contributed by atoms with Crippen molar-refractivity contribution in [3.63, 3.8) is 0 Å². The third kappa shape index (κ3) is 5.16. The van der Waals surface area contributed by atoms with Gasteiger partial charge in [0.15, 0.2) is 0 Å². The van der Waals surface area contributed by atoms with E-state index in [2.05, 4.69) is 32.8 Å². The molecule has 0 saturated heterocycles. The number of alkyl halides is 3. The van der Waals surface area contributed by atoms with Crippen LogP contribution in [-0.2, 0) is 26.2 Å². The van der Waals surface area contributed by atoms with E-state index in [-0.39, 0.29) is 40.6 Å². The summed E-state index contributed by atoms with van der Waals surface area (Å²) in [6.07, 6.45) is -2.76. The molecule has 0 saturated carbocycles. The first-order valence-corrected chi connectivity index (χ1v) is 13.7. The normalized spacial score (nSPS) is 16.0. The van der Waals surface area contributed by atoms with Crippen molar-refractivity contribution in [1.82, 2.24) is 24.0 Å². The molecule has 0 radical (unpaired) electrons. The van der Waals surface area contributed by atoms with Gasteiger partial charge in [-0.1, -0.05) is 22.0 Å². The Hall–Kier alpha value is -3.93. The van der Waals surface area contributed by atoms with Crippen LogP contribution in [0.5, 0.6) is 0 Å². The molecule has 0 spiro atoms. The molecule has 4 aromatic rings. The van der Waals surface area contributed by atoms with Gasteiger partial charge in [-0.25, -0.2) is 14.5 Å². The minimum Gasteiger partial charge on any atom is -0.349 e. The van der Waals surface area contributed by atoms with Crippen LogP contribution in [0.2, 0.25) is 0 Å². The number of carbonyl (C=O) groups is 1. The highest BCUT2D eigenvalue weighted by Crippen LogP contribution is 2.36. The maximum atomic E-state index is 14.0. The number of hydrogen-bond acceptors (Lipinski definition) is 5. The van der Waals surface area contributed by atoms with Crippen molar-refractivity contribution in [1.29, 1.82) is 0 Å². The zero-order valence-electron chi connectivity index (χ0n) is 22.9. The molecule has 2 aromatic carbocycles. The molecule has 0 unspecified atom stereocenters. The van der Waals surface area contributed by atoms with Gasteiger partial charge in [-0.2, -0.15) is 13.2 Å². The molecular weight excluding hydrogens is 601 g/mol. The summed E-state index contributed by atoms with van der Waals surface area (Å²) >= 11 is 2.92. The Morgan fingerprint density at radius 2 is 1.95 bits per heavy atom. The average Bonchev–Trinajstić information content (AvgIpc) is 3.20. The van der Waals surface area contributed by atoms with Gasteiger partial charge < -0.3 is 14.8 Å². The zero-order chi connectivity index (χ0) is 29.8. The van der Waals surface area contributed by atoms with E-state index >= 15 is 0 Å². The number of aryl methyl sites for hydroxylation is 2. The van der Waals surface area contributed by atoms with Crippen LogP contribution < -0.4 is 10.9 Å². The van der Waals surface area contributed by atoms with Gasteiger partial charge in [0.25, 0.3) is 11.5 Å². The Kier molecular flexibility index (Phi) is 7.31. The van der Waals surface area contributed by atoms with E-state index in [1.165, 1.54) is 21.6 Å². The SMILES string of the molecule is C=C[C@H](C)Nc1nc2c(c(=O)n1-c1ccc3c(c1)nc(C)n3C)C[C@@H](C)N(C(=O)c1ccc(Br)c(C(F)(F)F)c1)C2. The highest BCUT2D eigenvalue weighted by Gasteiger charge is 2.36. The Morgan fingerprint density at radius 1 is 1.22 bits per heavy atom. The van der Waals surface area contributed by atoms with Gasteiger partial charge in [0.2, 0.25) is 5.95 Å². The maximum absolute atomic E-state index is 14.0. The molecule has 2 aromatic heterocycles. The molecule has 2 atom stereocenters. The molecule has 3 heterocycles. The van der Waals surface area contributed by atoms with Crippen LogP contribution in [0, 0.1) is 6.92 Å². The molecule has 0 fully saturated rings. The predicted octanol–water partition coefficient (Wildman–Crippen LogP) is 5.78. The quantitative estimate of drug-likeness (QED) is 0.283. The second-order valence-electron chi connectivity index (χ2n) is 10.2. The monoisotopic (exact) mass is 628 g/mol. The summed E-state index contributed by atoms with van der Waals surface area (Å²) in [7, 11) is 1.92. The topological polar surface area (TPSA) is 85.1 Å². The lowest BCUT2D eigenvalue weighted by Gasteiger charge is -2.35. The maximum Gasteiger partial charge on any atom is 0.417 e. The van der Waals surface area contributed by atoms with Gasteiger partial charge in [0, 0.05) is 34.7 Å². The molecule has 214 valence electrons. The van der Waals surface area contributed by atoms with Crippen LogP contribution in [0.1, 0.15) is 46.9 Å². The van der Waals surface area contributed by atoms with E-state index in [1.54, 1.807) is 13.0 Å². The van der Waals surface area contributed by atoms with Crippen molar-refractivity contribution in [3.05, 3.63) is 92.1 Å². The summed E-state index contributed by atoms with van der Waals surface area (Å²) in [5.74, 6) is 0.522. The molecule has 12 heteroatoms. The number of amides is 1. The Morgan fingerprint density at radius 3 is 2.63 bits per heavy atom. The van der Waals surface area contributed by atoms with Crippen LogP contribution in [0.15, 0.2) is 58.3 Å². The fourth-order valence-electron chi connectivity index (χ4n) is 5.02. The molecule has 41 heavy (non-hydrogen) atoms. The lowest BCUT2D eigenvalue weighted by atomic mass is 9.98. The zero-order valence-corrected chi connectivity index (χ0v) is 24.5. The number of imidazole rings is 1. The summed E-state index contributed by atoms with van der Waals surface area (Å²) in [6, 6.07) is 8.27. The van der Waals surface area contributed by atoms with Gasteiger partial charge >= 0.3 is 6.18 Å². The Labute approximate surface area is 242 Å². The number of aromatic nitrogens is 4. The lowest BCUT2D eigenvalue weighted by Crippen LogP contribution is -2.46. The largest absolute Gasteiger partial charge is 0.417 e. The van der Waals surface area contributed by atoms with Crippen molar-refractivity contribution in [3.8, 4) is 5.69 Å². The number of benzene rings is 2. The Bertz CT molecular complexity index is 1760. The number of halogens is 4. The third-order valence-electron chi connectivity index (χ3n) is 7.45. The number of carbonyl (C=O) groups excluding carboxylic acids is 1. The molecule has 5 rings (SSSR count). The van der Waals surface area contributed by atoms with Crippen LogP contribution in [0.3, 0.4) is 0 Å². The number of hydrogen-bond donors (Lipinski definition) is 1. The molecule has 8 nitrogen and oxygen atoms in total. The fraction of sp³-hybridized carbons (Fsp3) is 0.310. The first kappa shape index (κ1) is 28.6. The van der Waals surface area contributed by atoms with Crippen molar-refractivity contribution in [2.24, 2.45) is 7.05 Å². The molecule has 1 aliphatic heterocycles. The minimum absolute atomic E-state index is 0.0293. The second-order valence-corrected chi connectivity index (χ2v) is 11.1. The first-order chi connectivity index (χ1) is 19.3. The Balaban J connectivity index is 1.59.